The van der Waals surface area contributed by atoms with Gasteiger partial charge in [-0.2, -0.15) is 9.40 Å². The Morgan fingerprint density at radius 3 is 2.56 bits per heavy atom. The van der Waals surface area contributed by atoms with E-state index in [9.17, 15) is 13.2 Å². The largest absolute Gasteiger partial charge is 0.339 e. The van der Waals surface area contributed by atoms with E-state index in [1.165, 1.54) is 16.8 Å². The molecule has 2 saturated heterocycles. The summed E-state index contributed by atoms with van der Waals surface area (Å²) in [5.41, 5.74) is 0.312. The zero-order valence-corrected chi connectivity index (χ0v) is 16.4. The van der Waals surface area contributed by atoms with Crippen molar-refractivity contribution in [2.24, 2.45) is 14.1 Å². The maximum Gasteiger partial charge on any atom is 0.262 e. The van der Waals surface area contributed by atoms with Gasteiger partial charge in [-0.05, 0) is 13.5 Å². The quantitative estimate of drug-likeness (QED) is 0.682. The number of carbonyl (C=O) groups is 1. The molecular weight excluding hydrogens is 370 g/mol. The summed E-state index contributed by atoms with van der Waals surface area (Å²) in [4.78, 5) is 20.3. The highest BCUT2D eigenvalue weighted by molar-refractivity contribution is 7.89. The van der Waals surface area contributed by atoms with Gasteiger partial charge < -0.3 is 9.47 Å². The van der Waals surface area contributed by atoms with Gasteiger partial charge in [0.1, 0.15) is 0 Å². The van der Waals surface area contributed by atoms with E-state index in [4.69, 9.17) is 0 Å². The van der Waals surface area contributed by atoms with E-state index in [1.54, 1.807) is 40.6 Å². The number of amides is 1. The maximum atomic E-state index is 12.9. The van der Waals surface area contributed by atoms with Gasteiger partial charge in [-0.3, -0.25) is 14.4 Å². The molecule has 10 nitrogen and oxygen atoms in total. The highest BCUT2D eigenvalue weighted by atomic mass is 32.2. The molecule has 0 N–H and O–H groups in total. The number of nitrogens with zero attached hydrogens (tertiary/aromatic N) is 7. The lowest BCUT2D eigenvalue weighted by atomic mass is 9.93. The molecule has 1 amide bonds. The Labute approximate surface area is 158 Å². The van der Waals surface area contributed by atoms with Crippen LogP contribution in [0.5, 0.6) is 0 Å². The lowest BCUT2D eigenvalue weighted by Gasteiger charge is -2.46. The molecule has 0 saturated carbocycles. The van der Waals surface area contributed by atoms with Crippen molar-refractivity contribution in [2.75, 3.05) is 38.1 Å². The second-order valence-corrected chi connectivity index (χ2v) is 9.28. The van der Waals surface area contributed by atoms with Gasteiger partial charge in [0.25, 0.3) is 10.0 Å². The number of aromatic nitrogens is 4. The van der Waals surface area contributed by atoms with E-state index in [1.807, 2.05) is 11.9 Å². The fourth-order valence-corrected chi connectivity index (χ4v) is 5.35. The molecule has 2 aliphatic rings. The third kappa shape index (κ3) is 2.95. The van der Waals surface area contributed by atoms with Gasteiger partial charge in [0.05, 0.1) is 30.3 Å². The van der Waals surface area contributed by atoms with Crippen LogP contribution in [0.1, 0.15) is 6.42 Å². The standard InChI is InChI=1S/C16H23N7O3S/c1-19-8-14(17-12-19)27(25,26)22-5-4-16(10-22)11-23(15(24)9-20(16)2)13-6-18-21(3)7-13/h6-8,12H,4-5,9-11H2,1-3H3/t16-/m1/s1. The summed E-state index contributed by atoms with van der Waals surface area (Å²) < 4.78 is 30.6. The molecular formula is C16H23N7O3S. The van der Waals surface area contributed by atoms with Crippen molar-refractivity contribution < 1.29 is 13.2 Å². The van der Waals surface area contributed by atoms with Crippen molar-refractivity contribution in [1.29, 1.82) is 0 Å². The Hall–Kier alpha value is -2.24. The van der Waals surface area contributed by atoms with E-state index in [2.05, 4.69) is 10.1 Å². The van der Waals surface area contributed by atoms with E-state index in [-0.39, 0.29) is 17.5 Å². The zero-order chi connectivity index (χ0) is 19.4. The normalized spacial score (nSPS) is 25.0. The molecule has 0 aliphatic carbocycles. The van der Waals surface area contributed by atoms with Crippen LogP contribution in [0.25, 0.3) is 0 Å². The number of sulfonamides is 1. The Morgan fingerprint density at radius 1 is 1.15 bits per heavy atom. The molecule has 4 heterocycles. The van der Waals surface area contributed by atoms with Crippen LogP contribution in [0.4, 0.5) is 5.69 Å². The fraction of sp³-hybridized carbons (Fsp3) is 0.562. The third-order valence-electron chi connectivity index (χ3n) is 5.52. The van der Waals surface area contributed by atoms with E-state index < -0.39 is 15.6 Å². The summed E-state index contributed by atoms with van der Waals surface area (Å²) in [6.45, 7) is 1.40. The molecule has 2 aliphatic heterocycles. The first-order valence-corrected chi connectivity index (χ1v) is 10.1. The van der Waals surface area contributed by atoms with Crippen molar-refractivity contribution >= 4 is 21.6 Å². The van der Waals surface area contributed by atoms with Gasteiger partial charge in [-0.1, -0.05) is 0 Å². The molecule has 0 aromatic carbocycles. The number of imidazole rings is 1. The molecule has 1 atom stereocenters. The maximum absolute atomic E-state index is 12.9. The predicted molar refractivity (Wildman–Crippen MR) is 97.5 cm³/mol. The number of piperazine rings is 1. The monoisotopic (exact) mass is 393 g/mol. The van der Waals surface area contributed by atoms with Crippen LogP contribution in [0.2, 0.25) is 0 Å². The Bertz CT molecular complexity index is 982. The Kier molecular flexibility index (Phi) is 4.13. The summed E-state index contributed by atoms with van der Waals surface area (Å²) in [7, 11) is 1.77. The van der Waals surface area contributed by atoms with Crippen LogP contribution in [0.15, 0.2) is 29.9 Å². The number of hydrogen-bond donors (Lipinski definition) is 0. The summed E-state index contributed by atoms with van der Waals surface area (Å²) in [6.07, 6.45) is 7.10. The number of rotatable bonds is 3. The van der Waals surface area contributed by atoms with Crippen molar-refractivity contribution in [1.82, 2.24) is 28.5 Å². The molecule has 4 rings (SSSR count). The zero-order valence-electron chi connectivity index (χ0n) is 15.6. The van der Waals surface area contributed by atoms with E-state index >= 15 is 0 Å². The second-order valence-electron chi connectivity index (χ2n) is 7.40. The summed E-state index contributed by atoms with van der Waals surface area (Å²) >= 11 is 0. The first kappa shape index (κ1) is 18.1. The van der Waals surface area contributed by atoms with Crippen molar-refractivity contribution in [3.8, 4) is 0 Å². The lowest BCUT2D eigenvalue weighted by Crippen LogP contribution is -2.64. The molecule has 0 unspecified atom stereocenters. The number of anilines is 1. The van der Waals surface area contributed by atoms with Crippen LogP contribution in [-0.4, -0.2) is 81.6 Å². The highest BCUT2D eigenvalue weighted by Gasteiger charge is 2.50. The average Bonchev–Trinajstić information content (AvgIpc) is 3.32. The molecule has 0 bridgehead atoms. The molecule has 27 heavy (non-hydrogen) atoms. The summed E-state index contributed by atoms with van der Waals surface area (Å²) in [5, 5.41) is 4.21. The smallest absolute Gasteiger partial charge is 0.262 e. The topological polar surface area (TPSA) is 96.6 Å². The van der Waals surface area contributed by atoms with Gasteiger partial charge >= 0.3 is 0 Å². The molecule has 2 aromatic heterocycles. The first-order chi connectivity index (χ1) is 12.7. The predicted octanol–water partition coefficient (Wildman–Crippen LogP) is -0.735. The summed E-state index contributed by atoms with van der Waals surface area (Å²) in [5.74, 6) is -0.0119. The van der Waals surface area contributed by atoms with Crippen molar-refractivity contribution in [3.63, 3.8) is 0 Å². The van der Waals surface area contributed by atoms with Crippen LogP contribution in [0, 0.1) is 0 Å². The van der Waals surface area contributed by atoms with Gasteiger partial charge in [-0.15, -0.1) is 0 Å². The lowest BCUT2D eigenvalue weighted by molar-refractivity contribution is -0.123. The number of likely N-dealkylation sites (N-methyl/N-ethyl adjacent to an activating group) is 1. The minimum Gasteiger partial charge on any atom is -0.339 e. The molecule has 11 heteroatoms. The average molecular weight is 393 g/mol. The van der Waals surface area contributed by atoms with E-state index in [0.29, 0.717) is 26.1 Å². The fourth-order valence-electron chi connectivity index (χ4n) is 3.86. The van der Waals surface area contributed by atoms with Crippen molar-refractivity contribution in [3.05, 3.63) is 24.9 Å². The third-order valence-corrected chi connectivity index (χ3v) is 7.25. The second kappa shape index (κ2) is 6.14. The molecule has 0 radical (unpaired) electrons. The van der Waals surface area contributed by atoms with Gasteiger partial charge in [0.2, 0.25) is 5.91 Å². The Balaban J connectivity index is 1.60. The molecule has 1 spiro atoms. The molecule has 146 valence electrons. The van der Waals surface area contributed by atoms with Crippen LogP contribution < -0.4 is 4.90 Å². The highest BCUT2D eigenvalue weighted by Crippen LogP contribution is 2.35. The van der Waals surface area contributed by atoms with Crippen LogP contribution >= 0.6 is 0 Å². The molecule has 2 aromatic rings. The summed E-state index contributed by atoms with van der Waals surface area (Å²) in [6, 6.07) is 0. The van der Waals surface area contributed by atoms with Gasteiger partial charge in [0.15, 0.2) is 5.03 Å². The first-order valence-electron chi connectivity index (χ1n) is 8.70. The SMILES string of the molecule is CN1CC(=O)N(c2cnn(C)c2)C[C@]12CCN(S(=O)(=O)c1cn(C)cn1)C2. The number of hydrogen-bond acceptors (Lipinski definition) is 6. The molecule has 2 fully saturated rings. The Morgan fingerprint density at radius 2 is 1.93 bits per heavy atom. The minimum atomic E-state index is -3.65. The van der Waals surface area contributed by atoms with Crippen LogP contribution in [0.3, 0.4) is 0 Å². The van der Waals surface area contributed by atoms with Crippen LogP contribution in [-0.2, 0) is 28.9 Å². The van der Waals surface area contributed by atoms with Gasteiger partial charge in [-0.25, -0.2) is 13.4 Å². The van der Waals surface area contributed by atoms with Gasteiger partial charge in [0, 0.05) is 46.1 Å². The number of aryl methyl sites for hydroxylation is 2. The number of carbonyl (C=O) groups excluding carboxylic acids is 1. The van der Waals surface area contributed by atoms with Crippen molar-refractivity contribution in [2.45, 2.75) is 17.0 Å². The van der Waals surface area contributed by atoms with E-state index in [0.717, 1.165) is 5.69 Å². The minimum absolute atomic E-state index is 0.0119.